The van der Waals surface area contributed by atoms with Crippen molar-refractivity contribution < 1.29 is 10.2 Å². The van der Waals surface area contributed by atoms with E-state index in [1.165, 1.54) is 23.2 Å². The van der Waals surface area contributed by atoms with Gasteiger partial charge in [-0.25, -0.2) is 15.6 Å². The molecule has 0 saturated carbocycles. The lowest BCUT2D eigenvalue weighted by Crippen LogP contribution is -2.30. The van der Waals surface area contributed by atoms with Gasteiger partial charge < -0.3 is 10.2 Å². The largest absolute Gasteiger partial charge is 0.504 e. The number of phenolic OH excluding ortho intramolecular Hbond substituents is 2. The van der Waals surface area contributed by atoms with E-state index in [0.717, 1.165) is 0 Å². The van der Waals surface area contributed by atoms with E-state index in [2.05, 4.69) is 15.0 Å². The third-order valence-electron chi connectivity index (χ3n) is 3.14. The summed E-state index contributed by atoms with van der Waals surface area (Å²) in [5, 5.41) is 20.1. The maximum absolute atomic E-state index is 11.8. The van der Waals surface area contributed by atoms with Crippen LogP contribution < -0.4 is 16.5 Å². The molecule has 1 heterocycles. The number of H-pyrrole nitrogens is 1. The molecule has 0 unspecified atom stereocenters. The van der Waals surface area contributed by atoms with Gasteiger partial charge in [0, 0.05) is 5.56 Å². The van der Waals surface area contributed by atoms with Crippen molar-refractivity contribution in [3.05, 3.63) is 59.0 Å². The minimum Gasteiger partial charge on any atom is -0.504 e. The third kappa shape index (κ3) is 2.97. The Bertz CT molecular complexity index is 895. The predicted molar refractivity (Wildman–Crippen MR) is 84.2 cm³/mol. The highest BCUT2D eigenvalue weighted by Crippen LogP contribution is 2.29. The van der Waals surface area contributed by atoms with E-state index in [4.69, 9.17) is 5.84 Å². The number of phenols is 2. The Kier molecular flexibility index (Phi) is 3.65. The highest BCUT2D eigenvalue weighted by atomic mass is 16.3. The van der Waals surface area contributed by atoms with Crippen molar-refractivity contribution in [1.82, 2.24) is 15.0 Å². The molecule has 0 aliphatic heterocycles. The van der Waals surface area contributed by atoms with Gasteiger partial charge in [0.25, 0.3) is 5.95 Å². The van der Waals surface area contributed by atoms with Crippen LogP contribution in [0.25, 0.3) is 11.4 Å². The van der Waals surface area contributed by atoms with Crippen LogP contribution in [0.3, 0.4) is 0 Å². The number of nitrogens with zero attached hydrogens (tertiary/aromatic N) is 3. The van der Waals surface area contributed by atoms with Crippen LogP contribution in [0.1, 0.15) is 0 Å². The molecule has 3 rings (SSSR count). The van der Waals surface area contributed by atoms with E-state index < -0.39 is 5.69 Å². The van der Waals surface area contributed by atoms with Crippen LogP contribution in [-0.2, 0) is 0 Å². The molecule has 1 aromatic heterocycles. The summed E-state index contributed by atoms with van der Waals surface area (Å²) in [5.74, 6) is 5.53. The first-order valence-electron chi connectivity index (χ1n) is 6.65. The molecule has 0 bridgehead atoms. The Labute approximate surface area is 130 Å². The molecule has 0 fully saturated rings. The number of aromatic amines is 1. The Hall–Kier alpha value is -3.39. The van der Waals surface area contributed by atoms with Crippen molar-refractivity contribution in [1.29, 1.82) is 0 Å². The normalized spacial score (nSPS) is 10.5. The molecule has 0 atom stereocenters. The molecule has 3 aromatic rings. The number of rotatable bonds is 3. The standard InChI is InChI=1S/C15H13N5O3/c16-20(10-4-2-1-3-5-10)14-17-13(18-15(23)19-14)9-6-7-11(21)12(22)8-9/h1-8,21-22H,16H2,(H,17,18,19,23). The molecule has 0 saturated heterocycles. The van der Waals surface area contributed by atoms with Crippen molar-refractivity contribution in [2.24, 2.45) is 5.84 Å². The molecular weight excluding hydrogens is 298 g/mol. The number of hydrazine groups is 1. The van der Waals surface area contributed by atoms with Gasteiger partial charge in [0.15, 0.2) is 11.5 Å². The van der Waals surface area contributed by atoms with E-state index >= 15 is 0 Å². The number of para-hydroxylation sites is 1. The molecule has 5 N–H and O–H groups in total. The Morgan fingerprint density at radius 2 is 1.74 bits per heavy atom. The maximum atomic E-state index is 11.8. The number of aromatic hydroxyl groups is 2. The molecule has 0 amide bonds. The average molecular weight is 311 g/mol. The number of anilines is 2. The topological polar surface area (TPSA) is 128 Å². The first-order valence-corrected chi connectivity index (χ1v) is 6.65. The second-order valence-corrected chi connectivity index (χ2v) is 4.71. The number of hydrogen-bond acceptors (Lipinski definition) is 7. The molecule has 0 radical (unpaired) electrons. The predicted octanol–water partition coefficient (Wildman–Crippen LogP) is 1.25. The lowest BCUT2D eigenvalue weighted by atomic mass is 10.2. The molecule has 0 spiro atoms. The van der Waals surface area contributed by atoms with Crippen molar-refractivity contribution in [2.45, 2.75) is 0 Å². The number of nitrogens with two attached hydrogens (primary N) is 1. The molecule has 0 aliphatic rings. The molecule has 8 heteroatoms. The number of benzene rings is 2. The monoisotopic (exact) mass is 311 g/mol. The zero-order valence-corrected chi connectivity index (χ0v) is 11.8. The van der Waals surface area contributed by atoms with Gasteiger partial charge in [0.1, 0.15) is 5.82 Å². The van der Waals surface area contributed by atoms with Gasteiger partial charge in [0.05, 0.1) is 5.69 Å². The fraction of sp³-hybridized carbons (Fsp3) is 0. The van der Waals surface area contributed by atoms with Gasteiger partial charge in [-0.3, -0.25) is 4.98 Å². The summed E-state index contributed by atoms with van der Waals surface area (Å²) >= 11 is 0. The highest BCUT2D eigenvalue weighted by molar-refractivity contribution is 5.62. The van der Waals surface area contributed by atoms with Crippen LogP contribution in [0, 0.1) is 0 Å². The van der Waals surface area contributed by atoms with E-state index in [0.29, 0.717) is 11.3 Å². The Morgan fingerprint density at radius 3 is 2.43 bits per heavy atom. The SMILES string of the molecule is NN(c1ccccc1)c1nc(-c2ccc(O)c(O)c2)[nH]c(=O)n1. The molecule has 8 nitrogen and oxygen atoms in total. The fourth-order valence-electron chi connectivity index (χ4n) is 1.99. The van der Waals surface area contributed by atoms with Crippen LogP contribution in [0.4, 0.5) is 11.6 Å². The summed E-state index contributed by atoms with van der Waals surface area (Å²) in [4.78, 5) is 22.2. The zero-order valence-electron chi connectivity index (χ0n) is 11.8. The van der Waals surface area contributed by atoms with Gasteiger partial charge in [-0.15, -0.1) is 0 Å². The summed E-state index contributed by atoms with van der Waals surface area (Å²) in [6, 6.07) is 13.0. The maximum Gasteiger partial charge on any atom is 0.349 e. The van der Waals surface area contributed by atoms with Gasteiger partial charge in [-0.05, 0) is 30.3 Å². The first kappa shape index (κ1) is 14.5. The summed E-state index contributed by atoms with van der Waals surface area (Å²) in [6.45, 7) is 0. The van der Waals surface area contributed by atoms with Crippen molar-refractivity contribution in [2.75, 3.05) is 5.01 Å². The molecule has 116 valence electrons. The van der Waals surface area contributed by atoms with E-state index in [9.17, 15) is 15.0 Å². The highest BCUT2D eigenvalue weighted by Gasteiger charge is 2.12. The first-order chi connectivity index (χ1) is 11.0. The van der Waals surface area contributed by atoms with Crippen LogP contribution in [0.5, 0.6) is 11.5 Å². The summed E-state index contributed by atoms with van der Waals surface area (Å²) in [7, 11) is 0. The summed E-state index contributed by atoms with van der Waals surface area (Å²) in [6.07, 6.45) is 0. The average Bonchev–Trinajstić information content (AvgIpc) is 2.57. The molecular formula is C15H13N5O3. The van der Waals surface area contributed by atoms with E-state index in [1.54, 1.807) is 24.3 Å². The van der Waals surface area contributed by atoms with Crippen LogP contribution in [0.2, 0.25) is 0 Å². The minimum absolute atomic E-state index is 0.00233. The number of hydrogen-bond donors (Lipinski definition) is 4. The van der Waals surface area contributed by atoms with Gasteiger partial charge >= 0.3 is 5.69 Å². The summed E-state index contributed by atoms with van der Waals surface area (Å²) < 4.78 is 0. The van der Waals surface area contributed by atoms with E-state index in [-0.39, 0.29) is 23.3 Å². The summed E-state index contributed by atoms with van der Waals surface area (Å²) in [5.41, 5.74) is 0.379. The molecule has 2 aromatic carbocycles. The van der Waals surface area contributed by atoms with Crippen LogP contribution in [-0.4, -0.2) is 25.2 Å². The fourth-order valence-corrected chi connectivity index (χ4v) is 1.99. The van der Waals surface area contributed by atoms with E-state index in [1.807, 2.05) is 6.07 Å². The lowest BCUT2D eigenvalue weighted by Gasteiger charge is -2.16. The lowest BCUT2D eigenvalue weighted by molar-refractivity contribution is 0.404. The smallest absolute Gasteiger partial charge is 0.349 e. The molecule has 23 heavy (non-hydrogen) atoms. The van der Waals surface area contributed by atoms with Crippen molar-refractivity contribution in [3.8, 4) is 22.9 Å². The third-order valence-corrected chi connectivity index (χ3v) is 3.14. The quantitative estimate of drug-likeness (QED) is 0.325. The zero-order chi connectivity index (χ0) is 16.4. The van der Waals surface area contributed by atoms with Crippen molar-refractivity contribution >= 4 is 11.6 Å². The minimum atomic E-state index is -0.635. The van der Waals surface area contributed by atoms with Crippen LogP contribution in [0.15, 0.2) is 53.3 Å². The van der Waals surface area contributed by atoms with Crippen molar-refractivity contribution in [3.63, 3.8) is 0 Å². The Balaban J connectivity index is 2.06. The van der Waals surface area contributed by atoms with Gasteiger partial charge in [0.2, 0.25) is 0 Å². The Morgan fingerprint density at radius 1 is 1.00 bits per heavy atom. The number of nitrogens with one attached hydrogen (secondary N) is 1. The van der Waals surface area contributed by atoms with Crippen LogP contribution >= 0.6 is 0 Å². The second kappa shape index (κ2) is 5.78. The number of aromatic nitrogens is 3. The van der Waals surface area contributed by atoms with Gasteiger partial charge in [-0.2, -0.15) is 9.97 Å². The second-order valence-electron chi connectivity index (χ2n) is 4.71. The molecule has 0 aliphatic carbocycles. The van der Waals surface area contributed by atoms with Gasteiger partial charge in [-0.1, -0.05) is 18.2 Å².